The molecule has 0 unspecified atom stereocenters. The smallest absolute Gasteiger partial charge is 0.0501 e. The van der Waals surface area contributed by atoms with Crippen LogP contribution in [0.25, 0.3) is 0 Å². The van der Waals surface area contributed by atoms with Crippen LogP contribution in [0.1, 0.15) is 38.5 Å². The molecule has 0 aromatic rings. The third kappa shape index (κ3) is 4.80. The van der Waals surface area contributed by atoms with Crippen molar-refractivity contribution in [3.05, 3.63) is 23.9 Å². The molecule has 120 valence electrons. The molecule has 0 atom stereocenters. The second-order valence-electron chi connectivity index (χ2n) is 6.57. The maximum Gasteiger partial charge on any atom is 0.0501 e. The van der Waals surface area contributed by atoms with Gasteiger partial charge in [0.15, 0.2) is 0 Å². The number of allylic oxidation sites excluding steroid dienone is 2. The van der Waals surface area contributed by atoms with Gasteiger partial charge in [0.25, 0.3) is 0 Å². The summed E-state index contributed by atoms with van der Waals surface area (Å²) in [6.07, 6.45) is 17.8. The predicted octanol–water partition coefficient (Wildman–Crippen LogP) is 2.48. The van der Waals surface area contributed by atoms with E-state index in [1.165, 1.54) is 44.1 Å². The highest BCUT2D eigenvalue weighted by Crippen LogP contribution is 2.24. The molecule has 0 bridgehead atoms. The minimum atomic E-state index is 0.495. The Balaban J connectivity index is 1.40. The van der Waals surface area contributed by atoms with Crippen LogP contribution in [0.15, 0.2) is 33.9 Å². The zero-order valence-electron chi connectivity index (χ0n) is 13.4. The lowest BCUT2D eigenvalue weighted by atomic mass is 9.91. The molecular weight excluding hydrogens is 272 g/mol. The van der Waals surface area contributed by atoms with E-state index in [1.54, 1.807) is 0 Å². The lowest BCUT2D eigenvalue weighted by Crippen LogP contribution is -2.29. The zero-order chi connectivity index (χ0) is 15.0. The number of piperidine rings is 1. The van der Waals surface area contributed by atoms with Crippen molar-refractivity contribution in [1.82, 2.24) is 10.6 Å². The Morgan fingerprint density at radius 2 is 1.68 bits per heavy atom. The summed E-state index contributed by atoms with van der Waals surface area (Å²) in [6.45, 7) is 3.21. The molecule has 2 heterocycles. The van der Waals surface area contributed by atoms with Crippen LogP contribution < -0.4 is 10.6 Å². The van der Waals surface area contributed by atoms with Gasteiger partial charge in [-0.2, -0.15) is 0 Å². The van der Waals surface area contributed by atoms with Gasteiger partial charge in [0.05, 0.1) is 6.04 Å². The molecule has 2 fully saturated rings. The van der Waals surface area contributed by atoms with Gasteiger partial charge in [-0.05, 0) is 75.4 Å². The Labute approximate surface area is 133 Å². The van der Waals surface area contributed by atoms with Gasteiger partial charge >= 0.3 is 0 Å². The van der Waals surface area contributed by atoms with Gasteiger partial charge in [-0.25, -0.2) is 0 Å². The fraction of sp³-hybridized carbons (Fsp3) is 0.667. The van der Waals surface area contributed by atoms with Crippen molar-refractivity contribution in [1.29, 1.82) is 0 Å². The number of dihydropyridines is 1. The minimum Gasteiger partial charge on any atom is -0.387 e. The average molecular weight is 300 g/mol. The highest BCUT2D eigenvalue weighted by atomic mass is 14.9. The summed E-state index contributed by atoms with van der Waals surface area (Å²) in [6, 6.07) is 1.04. The summed E-state index contributed by atoms with van der Waals surface area (Å²) in [5.74, 6) is 0.704. The summed E-state index contributed by atoms with van der Waals surface area (Å²) in [4.78, 5) is 9.61. The highest BCUT2D eigenvalue weighted by molar-refractivity contribution is 5.82. The topological polar surface area (TPSA) is 48.8 Å². The Morgan fingerprint density at radius 3 is 2.36 bits per heavy atom. The molecular formula is C18H28N4. The molecule has 0 spiro atoms. The molecule has 1 saturated carbocycles. The van der Waals surface area contributed by atoms with Gasteiger partial charge in [-0.1, -0.05) is 6.08 Å². The molecule has 4 nitrogen and oxygen atoms in total. The van der Waals surface area contributed by atoms with Gasteiger partial charge in [0, 0.05) is 25.0 Å². The first-order valence-corrected chi connectivity index (χ1v) is 8.77. The maximum atomic E-state index is 4.86. The van der Waals surface area contributed by atoms with E-state index in [0.717, 1.165) is 19.6 Å². The summed E-state index contributed by atoms with van der Waals surface area (Å²) in [5.41, 5.74) is 1.23. The predicted molar refractivity (Wildman–Crippen MR) is 93.8 cm³/mol. The number of rotatable bonds is 4. The van der Waals surface area contributed by atoms with E-state index in [0.29, 0.717) is 18.0 Å². The summed E-state index contributed by atoms with van der Waals surface area (Å²) >= 11 is 0. The molecule has 0 aromatic carbocycles. The first-order valence-electron chi connectivity index (χ1n) is 8.77. The standard InChI is InChI=1S/C18H28N4/c1-2-18(22-14-16-7-11-20-12-8-16)4-3-17(1)21-13-15-5-9-19-10-6-15/h5-6,9,13-14,16-20H,1-4,7-8,10-12H2. The van der Waals surface area contributed by atoms with Crippen LogP contribution in [0.3, 0.4) is 0 Å². The molecule has 0 amide bonds. The van der Waals surface area contributed by atoms with Crippen LogP contribution in [0.5, 0.6) is 0 Å². The highest BCUT2D eigenvalue weighted by Gasteiger charge is 2.20. The van der Waals surface area contributed by atoms with Gasteiger partial charge in [-0.15, -0.1) is 0 Å². The maximum absolute atomic E-state index is 4.86. The Morgan fingerprint density at radius 1 is 0.955 bits per heavy atom. The van der Waals surface area contributed by atoms with Crippen molar-refractivity contribution in [2.45, 2.75) is 50.6 Å². The largest absolute Gasteiger partial charge is 0.387 e. The van der Waals surface area contributed by atoms with Gasteiger partial charge < -0.3 is 10.6 Å². The van der Waals surface area contributed by atoms with Crippen LogP contribution in [0.2, 0.25) is 0 Å². The van der Waals surface area contributed by atoms with Crippen LogP contribution in [-0.2, 0) is 0 Å². The molecule has 0 radical (unpaired) electrons. The molecule has 2 N–H and O–H groups in total. The van der Waals surface area contributed by atoms with E-state index in [-0.39, 0.29) is 0 Å². The van der Waals surface area contributed by atoms with Crippen molar-refractivity contribution in [3.8, 4) is 0 Å². The van der Waals surface area contributed by atoms with Crippen LogP contribution >= 0.6 is 0 Å². The number of aliphatic imine (C=N–C) groups is 2. The van der Waals surface area contributed by atoms with Crippen LogP contribution in [0, 0.1) is 5.92 Å². The minimum absolute atomic E-state index is 0.495. The number of hydrogen-bond donors (Lipinski definition) is 2. The lowest BCUT2D eigenvalue weighted by Gasteiger charge is -2.25. The van der Waals surface area contributed by atoms with E-state index in [9.17, 15) is 0 Å². The average Bonchev–Trinajstić information content (AvgIpc) is 2.61. The Bertz CT molecular complexity index is 450. The number of nitrogens with one attached hydrogen (secondary N) is 2. The molecule has 3 aliphatic rings. The molecule has 0 aromatic heterocycles. The second-order valence-corrected chi connectivity index (χ2v) is 6.57. The fourth-order valence-electron chi connectivity index (χ4n) is 3.35. The van der Waals surface area contributed by atoms with Gasteiger partial charge in [0.1, 0.15) is 0 Å². The van der Waals surface area contributed by atoms with E-state index in [4.69, 9.17) is 9.98 Å². The summed E-state index contributed by atoms with van der Waals surface area (Å²) in [5, 5.41) is 6.57. The quantitative estimate of drug-likeness (QED) is 0.784. The summed E-state index contributed by atoms with van der Waals surface area (Å²) in [7, 11) is 0. The molecule has 1 aliphatic carbocycles. The molecule has 3 rings (SSSR count). The van der Waals surface area contributed by atoms with Crippen molar-refractivity contribution < 1.29 is 0 Å². The third-order valence-electron chi connectivity index (χ3n) is 4.84. The first kappa shape index (κ1) is 15.5. The fourth-order valence-corrected chi connectivity index (χ4v) is 3.35. The van der Waals surface area contributed by atoms with Gasteiger partial charge in [0.2, 0.25) is 0 Å². The Kier molecular flexibility index (Phi) is 5.82. The molecule has 1 saturated heterocycles. The van der Waals surface area contributed by atoms with Crippen molar-refractivity contribution in [3.63, 3.8) is 0 Å². The van der Waals surface area contributed by atoms with E-state index in [2.05, 4.69) is 29.0 Å². The molecule has 4 heteroatoms. The van der Waals surface area contributed by atoms with Crippen LogP contribution in [0.4, 0.5) is 0 Å². The normalized spacial score (nSPS) is 30.6. The Hall–Kier alpha value is -1.42. The zero-order valence-corrected chi connectivity index (χ0v) is 13.4. The number of nitrogens with zero attached hydrogens (tertiary/aromatic N) is 2. The summed E-state index contributed by atoms with van der Waals surface area (Å²) < 4.78 is 0. The lowest BCUT2D eigenvalue weighted by molar-refractivity contribution is 0.396. The SMILES string of the molecule is C1=CC(C=NC2CCC(N=CC3CCNCC3)CC2)=CCN1. The number of hydrogen-bond acceptors (Lipinski definition) is 4. The third-order valence-corrected chi connectivity index (χ3v) is 4.84. The van der Waals surface area contributed by atoms with Crippen molar-refractivity contribution in [2.24, 2.45) is 15.9 Å². The van der Waals surface area contributed by atoms with E-state index < -0.39 is 0 Å². The molecule has 22 heavy (non-hydrogen) atoms. The van der Waals surface area contributed by atoms with Crippen molar-refractivity contribution in [2.75, 3.05) is 19.6 Å². The monoisotopic (exact) mass is 300 g/mol. The van der Waals surface area contributed by atoms with Crippen molar-refractivity contribution >= 4 is 12.4 Å². The molecule has 2 aliphatic heterocycles. The second kappa shape index (κ2) is 8.28. The van der Waals surface area contributed by atoms with E-state index in [1.807, 2.05) is 12.4 Å². The van der Waals surface area contributed by atoms with E-state index >= 15 is 0 Å². The first-order chi connectivity index (χ1) is 10.9. The van der Waals surface area contributed by atoms with Crippen LogP contribution in [-0.4, -0.2) is 44.1 Å². The van der Waals surface area contributed by atoms with Gasteiger partial charge in [-0.3, -0.25) is 9.98 Å².